The lowest BCUT2D eigenvalue weighted by Gasteiger charge is -2.24. The Labute approximate surface area is 92.1 Å². The molecule has 0 aromatic carbocycles. The molecule has 86 valence electrons. The van der Waals surface area contributed by atoms with Crippen LogP contribution in [0.5, 0.6) is 0 Å². The summed E-state index contributed by atoms with van der Waals surface area (Å²) in [6.45, 7) is 4.93. The first-order chi connectivity index (χ1) is 7.06. The highest BCUT2D eigenvalue weighted by Gasteiger charge is 2.25. The van der Waals surface area contributed by atoms with E-state index in [4.69, 9.17) is 5.73 Å². The summed E-state index contributed by atoms with van der Waals surface area (Å²) < 4.78 is 0. The zero-order valence-corrected chi connectivity index (χ0v) is 9.75. The van der Waals surface area contributed by atoms with Crippen LogP contribution in [-0.2, 0) is 4.79 Å². The number of hydrogen-bond donors (Lipinski definition) is 2. The van der Waals surface area contributed by atoms with Crippen molar-refractivity contribution in [1.82, 2.24) is 5.32 Å². The summed E-state index contributed by atoms with van der Waals surface area (Å²) in [6, 6.07) is 0. The smallest absolute Gasteiger partial charge is 0.226 e. The molecule has 3 heteroatoms. The second-order valence-electron chi connectivity index (χ2n) is 4.95. The van der Waals surface area contributed by atoms with E-state index in [9.17, 15) is 4.79 Å². The predicted octanol–water partition coefficient (Wildman–Crippen LogP) is 1.44. The molecule has 3 nitrogen and oxygen atoms in total. The van der Waals surface area contributed by atoms with E-state index in [1.807, 2.05) is 13.8 Å². The second kappa shape index (κ2) is 5.31. The Morgan fingerprint density at radius 1 is 1.53 bits per heavy atom. The molecule has 15 heavy (non-hydrogen) atoms. The third-order valence-corrected chi connectivity index (χ3v) is 3.05. The van der Waals surface area contributed by atoms with Crippen molar-refractivity contribution >= 4 is 5.91 Å². The monoisotopic (exact) mass is 210 g/mol. The fraction of sp³-hybridized carbons (Fsp3) is 0.750. The Bertz CT molecular complexity index is 246. The Morgan fingerprint density at radius 3 is 2.80 bits per heavy atom. The first-order valence-corrected chi connectivity index (χ1v) is 5.69. The molecule has 0 bridgehead atoms. The standard InChI is InChI=1S/C12H22N2O/c1-12(2,9-13)11(15)14-8-10-6-4-3-5-7-10/h3-4,10H,5-9,13H2,1-2H3,(H,14,15). The van der Waals surface area contributed by atoms with Gasteiger partial charge >= 0.3 is 0 Å². The van der Waals surface area contributed by atoms with E-state index in [0.717, 1.165) is 19.4 Å². The molecule has 0 aliphatic heterocycles. The van der Waals surface area contributed by atoms with Gasteiger partial charge in [0.2, 0.25) is 5.91 Å². The molecule has 0 heterocycles. The maximum Gasteiger partial charge on any atom is 0.226 e. The fourth-order valence-corrected chi connectivity index (χ4v) is 1.61. The van der Waals surface area contributed by atoms with Crippen LogP contribution >= 0.6 is 0 Å². The van der Waals surface area contributed by atoms with Gasteiger partial charge in [0, 0.05) is 13.1 Å². The summed E-state index contributed by atoms with van der Waals surface area (Å²) in [5, 5.41) is 2.99. The number of carbonyl (C=O) groups is 1. The molecule has 3 N–H and O–H groups in total. The van der Waals surface area contributed by atoms with Crippen molar-refractivity contribution in [3.8, 4) is 0 Å². The van der Waals surface area contributed by atoms with Crippen LogP contribution in [0.2, 0.25) is 0 Å². The Balaban J connectivity index is 2.30. The third-order valence-electron chi connectivity index (χ3n) is 3.05. The first kappa shape index (κ1) is 12.2. The lowest BCUT2D eigenvalue weighted by atomic mass is 9.91. The van der Waals surface area contributed by atoms with E-state index in [-0.39, 0.29) is 5.91 Å². The van der Waals surface area contributed by atoms with Crippen LogP contribution in [0.4, 0.5) is 0 Å². The van der Waals surface area contributed by atoms with Crippen molar-refractivity contribution < 1.29 is 4.79 Å². The van der Waals surface area contributed by atoms with Crippen molar-refractivity contribution in [1.29, 1.82) is 0 Å². The molecule has 0 fully saturated rings. The molecule has 1 unspecified atom stereocenters. The minimum atomic E-state index is -0.440. The number of nitrogens with two attached hydrogens (primary N) is 1. The molecular weight excluding hydrogens is 188 g/mol. The molecule has 1 amide bonds. The summed E-state index contributed by atoms with van der Waals surface area (Å²) in [5.41, 5.74) is 5.10. The number of carbonyl (C=O) groups excluding carboxylic acids is 1. The van der Waals surface area contributed by atoms with Gasteiger partial charge in [0.25, 0.3) is 0 Å². The first-order valence-electron chi connectivity index (χ1n) is 5.69. The summed E-state index contributed by atoms with van der Waals surface area (Å²) >= 11 is 0. The number of rotatable bonds is 4. The summed E-state index contributed by atoms with van der Waals surface area (Å²) in [6.07, 6.45) is 7.82. The zero-order chi connectivity index (χ0) is 11.3. The maximum atomic E-state index is 11.7. The van der Waals surface area contributed by atoms with Crippen LogP contribution in [-0.4, -0.2) is 19.0 Å². The van der Waals surface area contributed by atoms with Crippen LogP contribution in [0.25, 0.3) is 0 Å². The van der Waals surface area contributed by atoms with Gasteiger partial charge in [-0.2, -0.15) is 0 Å². The third kappa shape index (κ3) is 3.67. The van der Waals surface area contributed by atoms with Crippen molar-refractivity contribution in [2.24, 2.45) is 17.1 Å². The van der Waals surface area contributed by atoms with Gasteiger partial charge in [-0.25, -0.2) is 0 Å². The fourth-order valence-electron chi connectivity index (χ4n) is 1.61. The number of amides is 1. The number of allylic oxidation sites excluding steroid dienone is 2. The van der Waals surface area contributed by atoms with Crippen molar-refractivity contribution in [3.05, 3.63) is 12.2 Å². The zero-order valence-electron chi connectivity index (χ0n) is 9.75. The molecule has 0 saturated carbocycles. The van der Waals surface area contributed by atoms with Gasteiger partial charge in [-0.1, -0.05) is 12.2 Å². The number of nitrogens with one attached hydrogen (secondary N) is 1. The molecule has 1 atom stereocenters. The molecule has 0 aromatic rings. The van der Waals surface area contributed by atoms with Crippen LogP contribution in [0, 0.1) is 11.3 Å². The highest BCUT2D eigenvalue weighted by atomic mass is 16.2. The Hall–Kier alpha value is -0.830. The van der Waals surface area contributed by atoms with Crippen LogP contribution in [0.3, 0.4) is 0 Å². The lowest BCUT2D eigenvalue weighted by Crippen LogP contribution is -2.43. The Kier molecular flexibility index (Phi) is 4.33. The molecule has 0 radical (unpaired) electrons. The molecule has 1 aliphatic rings. The summed E-state index contributed by atoms with van der Waals surface area (Å²) in [7, 11) is 0. The van der Waals surface area contributed by atoms with E-state index in [1.54, 1.807) is 0 Å². The molecule has 0 saturated heterocycles. The van der Waals surface area contributed by atoms with Gasteiger partial charge in [-0.15, -0.1) is 0 Å². The summed E-state index contributed by atoms with van der Waals surface area (Å²) in [4.78, 5) is 11.7. The predicted molar refractivity (Wildman–Crippen MR) is 62.3 cm³/mol. The van der Waals surface area contributed by atoms with Crippen LogP contribution in [0.1, 0.15) is 33.1 Å². The van der Waals surface area contributed by atoms with E-state index >= 15 is 0 Å². The van der Waals surface area contributed by atoms with E-state index in [1.165, 1.54) is 6.42 Å². The van der Waals surface area contributed by atoms with Gasteiger partial charge in [0.1, 0.15) is 0 Å². The van der Waals surface area contributed by atoms with Crippen LogP contribution < -0.4 is 11.1 Å². The molecule has 1 rings (SSSR count). The van der Waals surface area contributed by atoms with E-state index in [0.29, 0.717) is 12.5 Å². The van der Waals surface area contributed by atoms with Crippen molar-refractivity contribution in [2.45, 2.75) is 33.1 Å². The molecule has 1 aliphatic carbocycles. The SMILES string of the molecule is CC(C)(CN)C(=O)NCC1CC=CCC1. The highest BCUT2D eigenvalue weighted by molar-refractivity contribution is 5.82. The number of hydrogen-bond acceptors (Lipinski definition) is 2. The van der Waals surface area contributed by atoms with Crippen molar-refractivity contribution in [3.63, 3.8) is 0 Å². The Morgan fingerprint density at radius 2 is 2.27 bits per heavy atom. The molecule has 0 aromatic heterocycles. The van der Waals surface area contributed by atoms with Gasteiger partial charge < -0.3 is 11.1 Å². The molecule has 0 spiro atoms. The normalized spacial score (nSPS) is 21.4. The lowest BCUT2D eigenvalue weighted by molar-refractivity contribution is -0.129. The van der Waals surface area contributed by atoms with Crippen molar-refractivity contribution in [2.75, 3.05) is 13.1 Å². The van der Waals surface area contributed by atoms with Crippen LogP contribution in [0.15, 0.2) is 12.2 Å². The average Bonchev–Trinajstić information content (AvgIpc) is 2.27. The van der Waals surface area contributed by atoms with Gasteiger partial charge in [0.15, 0.2) is 0 Å². The minimum Gasteiger partial charge on any atom is -0.355 e. The largest absolute Gasteiger partial charge is 0.355 e. The van der Waals surface area contributed by atoms with Gasteiger partial charge in [-0.3, -0.25) is 4.79 Å². The highest BCUT2D eigenvalue weighted by Crippen LogP contribution is 2.18. The van der Waals surface area contributed by atoms with E-state index in [2.05, 4.69) is 17.5 Å². The minimum absolute atomic E-state index is 0.0690. The maximum absolute atomic E-state index is 11.7. The average molecular weight is 210 g/mol. The van der Waals surface area contributed by atoms with E-state index < -0.39 is 5.41 Å². The van der Waals surface area contributed by atoms with Gasteiger partial charge in [0.05, 0.1) is 5.41 Å². The molecular formula is C12H22N2O. The second-order valence-corrected chi connectivity index (χ2v) is 4.95. The summed E-state index contributed by atoms with van der Waals surface area (Å²) in [5.74, 6) is 0.673. The topological polar surface area (TPSA) is 55.1 Å². The quantitative estimate of drug-likeness (QED) is 0.690. The van der Waals surface area contributed by atoms with Gasteiger partial charge in [-0.05, 0) is 39.0 Å².